The lowest BCUT2D eigenvalue weighted by Crippen LogP contribution is -2.35. The summed E-state index contributed by atoms with van der Waals surface area (Å²) in [6.07, 6.45) is 3.92. The highest BCUT2D eigenvalue weighted by Crippen LogP contribution is 2.35. The summed E-state index contributed by atoms with van der Waals surface area (Å²) in [5.74, 6) is 1.20. The van der Waals surface area contributed by atoms with Crippen molar-refractivity contribution in [2.24, 2.45) is 0 Å². The van der Waals surface area contributed by atoms with Gasteiger partial charge in [0.25, 0.3) is 5.91 Å². The van der Waals surface area contributed by atoms with Gasteiger partial charge in [0, 0.05) is 6.61 Å². The fourth-order valence-electron chi connectivity index (χ4n) is 4.18. The topological polar surface area (TPSA) is 48.0 Å². The van der Waals surface area contributed by atoms with Gasteiger partial charge < -0.3 is 14.2 Å². The standard InChI is InChI=1S/C27H25NO4S2/c1-30-24-14-18(15-25-26(29)28(27(33)34-25)16-22-7-4-12-31-22)9-11-23(24)32-17-19-8-10-20-5-2-3-6-21(20)13-19/h2-3,5-6,8-11,13-15,22H,4,7,12,16-17H2,1H3/b25-15-/t22-/m1/s1. The van der Waals surface area contributed by atoms with E-state index in [0.717, 1.165) is 30.6 Å². The third-order valence-electron chi connectivity index (χ3n) is 5.98. The first-order valence-corrected chi connectivity index (χ1v) is 12.5. The molecule has 0 radical (unpaired) electrons. The Morgan fingerprint density at radius 3 is 2.76 bits per heavy atom. The molecule has 0 unspecified atom stereocenters. The molecule has 2 aliphatic rings. The molecule has 2 aliphatic heterocycles. The maximum absolute atomic E-state index is 12.9. The van der Waals surface area contributed by atoms with E-state index in [9.17, 15) is 4.79 Å². The molecule has 7 heteroatoms. The molecule has 2 fully saturated rings. The summed E-state index contributed by atoms with van der Waals surface area (Å²) in [4.78, 5) is 15.2. The molecule has 34 heavy (non-hydrogen) atoms. The van der Waals surface area contributed by atoms with E-state index in [4.69, 9.17) is 26.4 Å². The molecule has 0 N–H and O–H groups in total. The van der Waals surface area contributed by atoms with E-state index >= 15 is 0 Å². The van der Waals surface area contributed by atoms with Gasteiger partial charge >= 0.3 is 0 Å². The van der Waals surface area contributed by atoms with Gasteiger partial charge in [-0.05, 0) is 59.0 Å². The van der Waals surface area contributed by atoms with Gasteiger partial charge in [0.05, 0.1) is 24.7 Å². The molecule has 1 atom stereocenters. The number of thiocarbonyl (C=S) groups is 1. The second-order valence-electron chi connectivity index (χ2n) is 8.31. The molecule has 0 spiro atoms. The number of rotatable bonds is 7. The number of thioether (sulfide) groups is 1. The maximum Gasteiger partial charge on any atom is 0.266 e. The molecule has 0 saturated carbocycles. The van der Waals surface area contributed by atoms with Crippen LogP contribution in [0.3, 0.4) is 0 Å². The van der Waals surface area contributed by atoms with Crippen LogP contribution in [0, 0.1) is 0 Å². The Hall–Kier alpha value is -2.87. The molecule has 5 nitrogen and oxygen atoms in total. The molecule has 5 rings (SSSR count). The fraction of sp³-hybridized carbons (Fsp3) is 0.259. The molecule has 0 aromatic heterocycles. The van der Waals surface area contributed by atoms with Crippen molar-refractivity contribution in [3.8, 4) is 11.5 Å². The normalized spacial score (nSPS) is 19.4. The quantitative estimate of drug-likeness (QED) is 0.307. The lowest BCUT2D eigenvalue weighted by molar-refractivity contribution is -0.123. The van der Waals surface area contributed by atoms with Crippen molar-refractivity contribution in [3.63, 3.8) is 0 Å². The molecule has 3 aromatic rings. The van der Waals surface area contributed by atoms with Crippen molar-refractivity contribution >= 4 is 51.1 Å². The van der Waals surface area contributed by atoms with Gasteiger partial charge in [-0.1, -0.05) is 66.4 Å². The van der Waals surface area contributed by atoms with Crippen molar-refractivity contribution in [2.75, 3.05) is 20.3 Å². The lowest BCUT2D eigenvalue weighted by atomic mass is 10.1. The van der Waals surface area contributed by atoms with Crippen LogP contribution in [0.4, 0.5) is 0 Å². The second kappa shape index (κ2) is 10.2. The smallest absolute Gasteiger partial charge is 0.266 e. The number of fused-ring (bicyclic) bond motifs is 1. The summed E-state index contributed by atoms with van der Waals surface area (Å²) in [6, 6.07) is 20.2. The van der Waals surface area contributed by atoms with Crippen molar-refractivity contribution in [1.82, 2.24) is 4.90 Å². The maximum atomic E-state index is 12.9. The van der Waals surface area contributed by atoms with Gasteiger partial charge in [0.15, 0.2) is 11.5 Å². The van der Waals surface area contributed by atoms with Gasteiger partial charge in [-0.3, -0.25) is 9.69 Å². The number of carbonyl (C=O) groups excluding carboxylic acids is 1. The van der Waals surface area contributed by atoms with Gasteiger partial charge in [0.2, 0.25) is 0 Å². The summed E-state index contributed by atoms with van der Waals surface area (Å²) in [6.45, 7) is 1.71. The second-order valence-corrected chi connectivity index (χ2v) is 9.98. The van der Waals surface area contributed by atoms with Gasteiger partial charge in [0.1, 0.15) is 10.9 Å². The number of benzene rings is 3. The monoisotopic (exact) mass is 491 g/mol. The van der Waals surface area contributed by atoms with E-state index < -0.39 is 0 Å². The molecule has 0 aliphatic carbocycles. The number of carbonyl (C=O) groups is 1. The van der Waals surface area contributed by atoms with Crippen LogP contribution in [-0.2, 0) is 16.1 Å². The van der Waals surface area contributed by atoms with Crippen molar-refractivity contribution in [2.45, 2.75) is 25.6 Å². The molecule has 2 heterocycles. The minimum absolute atomic E-state index is 0.0684. The first-order chi connectivity index (χ1) is 16.6. The molecular formula is C27H25NO4S2. The summed E-state index contributed by atoms with van der Waals surface area (Å²) in [7, 11) is 1.61. The van der Waals surface area contributed by atoms with Crippen LogP contribution in [-0.4, -0.2) is 41.5 Å². The predicted molar refractivity (Wildman–Crippen MR) is 140 cm³/mol. The first kappa shape index (κ1) is 22.9. The Kier molecular flexibility index (Phi) is 6.85. The molecule has 1 amide bonds. The number of hydrogen-bond donors (Lipinski definition) is 0. The largest absolute Gasteiger partial charge is 0.493 e. The third kappa shape index (κ3) is 4.97. The SMILES string of the molecule is COc1cc(/C=C2\SC(=S)N(C[C@H]3CCCO3)C2=O)ccc1OCc1ccc2ccccc2c1. The first-order valence-electron chi connectivity index (χ1n) is 11.3. The number of methoxy groups -OCH3 is 1. The van der Waals surface area contributed by atoms with Crippen molar-refractivity contribution in [1.29, 1.82) is 0 Å². The summed E-state index contributed by atoms with van der Waals surface area (Å²) < 4.78 is 17.9. The van der Waals surface area contributed by atoms with E-state index in [1.54, 1.807) is 12.0 Å². The number of nitrogens with zero attached hydrogens (tertiary/aromatic N) is 1. The van der Waals surface area contributed by atoms with Crippen LogP contribution in [0.25, 0.3) is 16.8 Å². The number of ether oxygens (including phenoxy) is 3. The summed E-state index contributed by atoms with van der Waals surface area (Å²) in [5.41, 5.74) is 1.94. The number of hydrogen-bond acceptors (Lipinski definition) is 6. The molecule has 2 saturated heterocycles. The lowest BCUT2D eigenvalue weighted by Gasteiger charge is -2.18. The third-order valence-corrected chi connectivity index (χ3v) is 7.36. The zero-order valence-electron chi connectivity index (χ0n) is 18.9. The number of amides is 1. The van der Waals surface area contributed by atoms with E-state index in [0.29, 0.717) is 33.9 Å². The molecule has 174 valence electrons. The van der Waals surface area contributed by atoms with E-state index in [1.807, 2.05) is 36.4 Å². The fourth-order valence-corrected chi connectivity index (χ4v) is 5.46. The Morgan fingerprint density at radius 2 is 1.97 bits per heavy atom. The van der Waals surface area contributed by atoms with Crippen LogP contribution >= 0.6 is 24.0 Å². The Morgan fingerprint density at radius 1 is 1.12 bits per heavy atom. The zero-order chi connectivity index (χ0) is 23.5. The highest BCUT2D eigenvalue weighted by Gasteiger charge is 2.34. The summed E-state index contributed by atoms with van der Waals surface area (Å²) >= 11 is 6.78. The molecule has 0 bridgehead atoms. The van der Waals surface area contributed by atoms with Gasteiger partial charge in [-0.2, -0.15) is 0 Å². The minimum atomic E-state index is -0.0684. The van der Waals surface area contributed by atoms with Crippen molar-refractivity contribution < 1.29 is 19.0 Å². The van der Waals surface area contributed by atoms with Crippen LogP contribution in [0.1, 0.15) is 24.0 Å². The minimum Gasteiger partial charge on any atom is -0.493 e. The van der Waals surface area contributed by atoms with Crippen LogP contribution in [0.15, 0.2) is 65.6 Å². The predicted octanol–water partition coefficient (Wildman–Crippen LogP) is 5.81. The van der Waals surface area contributed by atoms with E-state index in [-0.39, 0.29) is 12.0 Å². The van der Waals surface area contributed by atoms with Gasteiger partial charge in [-0.25, -0.2) is 0 Å². The Balaban J connectivity index is 1.28. The highest BCUT2D eigenvalue weighted by molar-refractivity contribution is 8.26. The van der Waals surface area contributed by atoms with Crippen LogP contribution in [0.5, 0.6) is 11.5 Å². The van der Waals surface area contributed by atoms with Crippen LogP contribution in [0.2, 0.25) is 0 Å². The zero-order valence-corrected chi connectivity index (χ0v) is 20.5. The molecular weight excluding hydrogens is 466 g/mol. The summed E-state index contributed by atoms with van der Waals surface area (Å²) in [5, 5.41) is 2.39. The molecule has 3 aromatic carbocycles. The average molecular weight is 492 g/mol. The Labute approximate surface area is 208 Å². The highest BCUT2D eigenvalue weighted by atomic mass is 32.2. The van der Waals surface area contributed by atoms with Crippen molar-refractivity contribution in [3.05, 3.63) is 76.7 Å². The van der Waals surface area contributed by atoms with Gasteiger partial charge in [-0.15, -0.1) is 0 Å². The van der Waals surface area contributed by atoms with E-state index in [2.05, 4.69) is 30.3 Å². The average Bonchev–Trinajstić information content (AvgIpc) is 3.47. The van der Waals surface area contributed by atoms with Crippen LogP contribution < -0.4 is 9.47 Å². The van der Waals surface area contributed by atoms with E-state index in [1.165, 1.54) is 22.5 Å². The Bertz CT molecular complexity index is 1270.